The average molecular weight is 407 g/mol. The lowest BCUT2D eigenvalue weighted by molar-refractivity contribution is 0.0322. The second-order valence-corrected chi connectivity index (χ2v) is 8.53. The monoisotopic (exact) mass is 406 g/mol. The number of aliphatic imine (C=N–C) groups is 1. The van der Waals surface area contributed by atoms with E-state index in [2.05, 4.69) is 45.0 Å². The van der Waals surface area contributed by atoms with E-state index in [1.807, 2.05) is 24.9 Å². The van der Waals surface area contributed by atoms with Crippen LogP contribution in [-0.4, -0.2) is 74.9 Å². The number of nitrogens with zero attached hydrogens (tertiary/aromatic N) is 2. The number of thioether (sulfide) groups is 1. The van der Waals surface area contributed by atoms with E-state index < -0.39 is 0 Å². The second kappa shape index (κ2) is 11.5. The number of morpholine rings is 1. The zero-order chi connectivity index (χ0) is 19.6. The second-order valence-electron chi connectivity index (χ2n) is 7.39. The Bertz CT molecular complexity index is 622. The maximum atomic E-state index is 5.96. The van der Waals surface area contributed by atoms with Gasteiger partial charge >= 0.3 is 0 Å². The van der Waals surface area contributed by atoms with Crippen molar-refractivity contribution in [2.45, 2.75) is 37.1 Å². The van der Waals surface area contributed by atoms with Gasteiger partial charge in [0.25, 0.3) is 0 Å². The molecule has 1 saturated heterocycles. The van der Waals surface area contributed by atoms with Gasteiger partial charge in [-0.25, -0.2) is 0 Å². The number of hydrogen-bond acceptors (Lipinski definition) is 5. The zero-order valence-electron chi connectivity index (χ0n) is 17.2. The van der Waals surface area contributed by atoms with Crippen LogP contribution in [0.3, 0.4) is 0 Å². The van der Waals surface area contributed by atoms with E-state index in [9.17, 15) is 0 Å². The van der Waals surface area contributed by atoms with Crippen molar-refractivity contribution in [3.8, 4) is 5.75 Å². The van der Waals surface area contributed by atoms with Gasteiger partial charge in [-0.1, -0.05) is 12.1 Å². The number of nitrogens with one attached hydrogen (secondary N) is 2. The highest BCUT2D eigenvalue weighted by Crippen LogP contribution is 2.28. The molecule has 156 valence electrons. The maximum absolute atomic E-state index is 5.96. The Balaban J connectivity index is 1.40. The highest BCUT2D eigenvalue weighted by atomic mass is 32.2. The maximum Gasteiger partial charge on any atom is 0.191 e. The molecule has 1 heterocycles. The highest BCUT2D eigenvalue weighted by Gasteiger charge is 2.24. The van der Waals surface area contributed by atoms with E-state index in [1.54, 1.807) is 0 Å². The fraction of sp³-hybridized carbons (Fsp3) is 0.667. The van der Waals surface area contributed by atoms with Crippen molar-refractivity contribution in [2.75, 3.05) is 52.8 Å². The predicted molar refractivity (Wildman–Crippen MR) is 117 cm³/mol. The summed E-state index contributed by atoms with van der Waals surface area (Å²) < 4.78 is 11.3. The highest BCUT2D eigenvalue weighted by molar-refractivity contribution is 7.99. The van der Waals surface area contributed by atoms with Crippen LogP contribution in [0.15, 0.2) is 29.3 Å². The van der Waals surface area contributed by atoms with Gasteiger partial charge in [-0.3, -0.25) is 9.89 Å². The molecule has 2 fully saturated rings. The normalized spacial score (nSPS) is 23.6. The first kappa shape index (κ1) is 21.3. The van der Waals surface area contributed by atoms with Crippen LogP contribution in [0.1, 0.15) is 24.8 Å². The number of hydrogen-bond donors (Lipinski definition) is 2. The number of rotatable bonds is 8. The minimum atomic E-state index is 0.526. The number of ether oxygens (including phenoxy) is 2. The standard InChI is InChI=1S/C21H34N4O2S/c1-22-21(24-18-6-7-20(15-18)28-2)23-16-17-4-3-5-19(14-17)27-13-10-25-8-11-26-12-9-25/h3-5,14,18,20H,6-13,15-16H2,1-2H3,(H2,22,23,24). The first-order valence-electron chi connectivity index (χ1n) is 10.3. The van der Waals surface area contributed by atoms with Gasteiger partial charge in [-0.05, 0) is 43.2 Å². The average Bonchev–Trinajstić information content (AvgIpc) is 3.20. The van der Waals surface area contributed by atoms with Crippen LogP contribution in [0.4, 0.5) is 0 Å². The molecule has 2 unspecified atom stereocenters. The Morgan fingerprint density at radius 1 is 1.32 bits per heavy atom. The quantitative estimate of drug-likeness (QED) is 0.511. The van der Waals surface area contributed by atoms with Gasteiger partial charge in [-0.15, -0.1) is 0 Å². The Kier molecular flexibility index (Phi) is 8.76. The molecule has 0 spiro atoms. The van der Waals surface area contributed by atoms with Crippen LogP contribution in [0.2, 0.25) is 0 Å². The lowest BCUT2D eigenvalue weighted by atomic mass is 10.2. The van der Waals surface area contributed by atoms with Gasteiger partial charge in [-0.2, -0.15) is 11.8 Å². The molecule has 1 aromatic carbocycles. The first-order valence-corrected chi connectivity index (χ1v) is 11.6. The van der Waals surface area contributed by atoms with Crippen molar-refractivity contribution in [1.29, 1.82) is 0 Å². The Hall–Kier alpha value is -1.44. The summed E-state index contributed by atoms with van der Waals surface area (Å²) in [5, 5.41) is 7.78. The third kappa shape index (κ3) is 6.87. The summed E-state index contributed by atoms with van der Waals surface area (Å²) in [6, 6.07) is 8.83. The molecule has 2 atom stereocenters. The van der Waals surface area contributed by atoms with Crippen LogP contribution < -0.4 is 15.4 Å². The van der Waals surface area contributed by atoms with Crippen LogP contribution in [0, 0.1) is 0 Å². The van der Waals surface area contributed by atoms with Crippen molar-refractivity contribution in [3.05, 3.63) is 29.8 Å². The van der Waals surface area contributed by atoms with Gasteiger partial charge in [0, 0.05) is 44.5 Å². The largest absolute Gasteiger partial charge is 0.492 e. The van der Waals surface area contributed by atoms with E-state index >= 15 is 0 Å². The minimum absolute atomic E-state index is 0.526. The van der Waals surface area contributed by atoms with E-state index in [4.69, 9.17) is 9.47 Å². The summed E-state index contributed by atoms with van der Waals surface area (Å²) >= 11 is 1.97. The molecule has 2 aliphatic rings. The smallest absolute Gasteiger partial charge is 0.191 e. The number of benzene rings is 1. The van der Waals surface area contributed by atoms with Crippen LogP contribution in [0.5, 0.6) is 5.75 Å². The molecule has 1 aliphatic heterocycles. The molecule has 3 rings (SSSR count). The lowest BCUT2D eigenvalue weighted by Gasteiger charge is -2.26. The van der Waals surface area contributed by atoms with Crippen LogP contribution >= 0.6 is 11.8 Å². The summed E-state index contributed by atoms with van der Waals surface area (Å²) in [5.41, 5.74) is 1.19. The van der Waals surface area contributed by atoms with Gasteiger partial charge < -0.3 is 20.1 Å². The Morgan fingerprint density at radius 3 is 2.93 bits per heavy atom. The summed E-state index contributed by atoms with van der Waals surface area (Å²) in [7, 11) is 1.83. The predicted octanol–water partition coefficient (Wildman–Crippen LogP) is 2.35. The molecule has 1 aromatic rings. The molecule has 28 heavy (non-hydrogen) atoms. The van der Waals surface area contributed by atoms with Crippen molar-refractivity contribution < 1.29 is 9.47 Å². The minimum Gasteiger partial charge on any atom is -0.492 e. The SMILES string of the molecule is CN=C(NCc1cccc(OCCN2CCOCC2)c1)NC1CCC(SC)C1. The van der Waals surface area contributed by atoms with E-state index in [-0.39, 0.29) is 0 Å². The van der Waals surface area contributed by atoms with Gasteiger partial charge in [0.05, 0.1) is 13.2 Å². The van der Waals surface area contributed by atoms with Crippen LogP contribution in [0.25, 0.3) is 0 Å². The molecule has 6 nitrogen and oxygen atoms in total. The third-order valence-electron chi connectivity index (χ3n) is 5.42. The number of guanidine groups is 1. The fourth-order valence-electron chi connectivity index (χ4n) is 3.72. The van der Waals surface area contributed by atoms with Crippen molar-refractivity contribution in [2.24, 2.45) is 4.99 Å². The molecular formula is C21H34N4O2S. The van der Waals surface area contributed by atoms with Crippen LogP contribution in [-0.2, 0) is 11.3 Å². The lowest BCUT2D eigenvalue weighted by Crippen LogP contribution is -2.42. The topological polar surface area (TPSA) is 58.1 Å². The molecule has 1 aliphatic carbocycles. The fourth-order valence-corrected chi connectivity index (χ4v) is 4.52. The van der Waals surface area contributed by atoms with Gasteiger partial charge in [0.2, 0.25) is 0 Å². The van der Waals surface area contributed by atoms with E-state index in [0.29, 0.717) is 12.6 Å². The van der Waals surface area contributed by atoms with Crippen molar-refractivity contribution >= 4 is 17.7 Å². The molecule has 0 amide bonds. The molecule has 0 aromatic heterocycles. The van der Waals surface area contributed by atoms with Crippen molar-refractivity contribution in [3.63, 3.8) is 0 Å². The van der Waals surface area contributed by atoms with Gasteiger partial charge in [0.15, 0.2) is 5.96 Å². The van der Waals surface area contributed by atoms with Gasteiger partial charge in [0.1, 0.15) is 12.4 Å². The summed E-state index contributed by atoms with van der Waals surface area (Å²) in [5.74, 6) is 1.81. The van der Waals surface area contributed by atoms with E-state index in [0.717, 1.165) is 56.4 Å². The molecular weight excluding hydrogens is 372 g/mol. The molecule has 0 bridgehead atoms. The molecule has 2 N–H and O–H groups in total. The zero-order valence-corrected chi connectivity index (χ0v) is 18.0. The third-order valence-corrected chi connectivity index (χ3v) is 6.52. The first-order chi connectivity index (χ1) is 13.8. The Labute approximate surface area is 173 Å². The van der Waals surface area contributed by atoms with Crippen molar-refractivity contribution in [1.82, 2.24) is 15.5 Å². The molecule has 1 saturated carbocycles. The summed E-state index contributed by atoms with van der Waals surface area (Å²) in [4.78, 5) is 6.77. The van der Waals surface area contributed by atoms with E-state index in [1.165, 1.54) is 24.8 Å². The Morgan fingerprint density at radius 2 is 2.18 bits per heavy atom. The molecule has 7 heteroatoms. The summed E-state index contributed by atoms with van der Waals surface area (Å²) in [6.45, 7) is 6.04. The summed E-state index contributed by atoms with van der Waals surface area (Å²) in [6.07, 6.45) is 5.93. The molecule has 0 radical (unpaired) electrons.